The van der Waals surface area contributed by atoms with Crippen LogP contribution in [0.25, 0.3) is 0 Å². The van der Waals surface area contributed by atoms with E-state index in [-0.39, 0.29) is 40.5 Å². The number of halogens is 1. The molecule has 0 aliphatic heterocycles. The van der Waals surface area contributed by atoms with Gasteiger partial charge in [-0.05, 0) is 128 Å². The molecule has 230 valence electrons. The summed E-state index contributed by atoms with van der Waals surface area (Å²) < 4.78 is 44.5. The second kappa shape index (κ2) is 11.4. The van der Waals surface area contributed by atoms with Crippen molar-refractivity contribution in [1.82, 2.24) is 4.31 Å². The molecule has 9 heteroatoms. The molecule has 7 nitrogen and oxygen atoms in total. The lowest BCUT2D eigenvalue weighted by Crippen LogP contribution is -2.62. The summed E-state index contributed by atoms with van der Waals surface area (Å²) >= 11 is 0. The Balaban J connectivity index is 1.20. The second-order valence-corrected chi connectivity index (χ2v) is 15.9. The minimum atomic E-state index is -4.12. The van der Waals surface area contributed by atoms with E-state index < -0.39 is 21.9 Å². The summed E-state index contributed by atoms with van der Waals surface area (Å²) in [6.07, 6.45) is 8.17. The number of ether oxygens (including phenoxy) is 1. The highest BCUT2D eigenvalue weighted by molar-refractivity contribution is 7.89. The molecule has 4 aliphatic rings. The number of amides is 1. The van der Waals surface area contributed by atoms with E-state index in [1.54, 1.807) is 0 Å². The van der Waals surface area contributed by atoms with Crippen molar-refractivity contribution in [3.63, 3.8) is 0 Å². The standard InChI is InChI=1S/C32H48FNO6S/c1-5-24-27-19-22(35)14-16-32(27,3)26-15-17-31(2)20(8-13-25(31)28(26)29(24)36)7-6-18-40-30(37)34(4)41(38,39)23-11-9-21(33)10-12-23/h9-12,20,22,24-29,35-36H,5-8,13-19H2,1-4H3/t20-,22+,24+,25-,26-,27-,28-,29+,31+,32+/m0/s1. The molecule has 4 fully saturated rings. The van der Waals surface area contributed by atoms with E-state index in [0.717, 1.165) is 89.1 Å². The van der Waals surface area contributed by atoms with Crippen LogP contribution in [0.5, 0.6) is 0 Å². The number of aliphatic hydroxyl groups excluding tert-OH is 2. The van der Waals surface area contributed by atoms with E-state index in [1.165, 1.54) is 0 Å². The Hall–Kier alpha value is -1.71. The molecule has 1 aromatic carbocycles. The topological polar surface area (TPSA) is 104 Å². The number of carbonyl (C=O) groups excluding carboxylic acids is 1. The molecule has 0 spiro atoms. The zero-order valence-corrected chi connectivity index (χ0v) is 25.8. The average molecular weight is 594 g/mol. The lowest BCUT2D eigenvalue weighted by molar-refractivity contribution is -0.202. The highest BCUT2D eigenvalue weighted by atomic mass is 32.2. The van der Waals surface area contributed by atoms with Crippen LogP contribution in [0.2, 0.25) is 0 Å². The number of hydrogen-bond acceptors (Lipinski definition) is 6. The van der Waals surface area contributed by atoms with Crippen LogP contribution in [0.1, 0.15) is 85.0 Å². The number of nitrogens with zero attached hydrogens (tertiary/aromatic N) is 1. The van der Waals surface area contributed by atoms with Gasteiger partial charge in [-0.1, -0.05) is 27.2 Å². The van der Waals surface area contributed by atoms with Crippen LogP contribution in [-0.2, 0) is 14.8 Å². The van der Waals surface area contributed by atoms with Crippen molar-refractivity contribution >= 4 is 16.1 Å². The van der Waals surface area contributed by atoms with E-state index in [1.807, 2.05) is 0 Å². The predicted octanol–water partition coefficient (Wildman–Crippen LogP) is 5.99. The van der Waals surface area contributed by atoms with E-state index in [0.29, 0.717) is 40.3 Å². The van der Waals surface area contributed by atoms with Crippen LogP contribution in [0, 0.1) is 52.2 Å². The van der Waals surface area contributed by atoms with E-state index in [9.17, 15) is 27.8 Å². The smallest absolute Gasteiger partial charge is 0.423 e. The summed E-state index contributed by atoms with van der Waals surface area (Å²) in [6.45, 7) is 7.19. The van der Waals surface area contributed by atoms with Crippen molar-refractivity contribution in [3.8, 4) is 0 Å². The molecule has 1 amide bonds. The first kappa shape index (κ1) is 30.7. The molecular formula is C32H48FNO6S. The molecule has 0 bridgehead atoms. The fraction of sp³-hybridized carbons (Fsp3) is 0.781. The summed E-state index contributed by atoms with van der Waals surface area (Å²) in [5, 5.41) is 22.3. The van der Waals surface area contributed by atoms with Crippen molar-refractivity contribution in [2.45, 2.75) is 102 Å². The minimum absolute atomic E-state index is 0.130. The Morgan fingerprint density at radius 2 is 1.68 bits per heavy atom. The normalized spacial score (nSPS) is 40.3. The van der Waals surface area contributed by atoms with Gasteiger partial charge in [0.25, 0.3) is 10.0 Å². The van der Waals surface area contributed by atoms with Gasteiger partial charge in [0.15, 0.2) is 0 Å². The van der Waals surface area contributed by atoms with Crippen molar-refractivity contribution in [1.29, 1.82) is 0 Å². The lowest BCUT2D eigenvalue weighted by atomic mass is 9.41. The van der Waals surface area contributed by atoms with Crippen molar-refractivity contribution in [2.75, 3.05) is 13.7 Å². The summed E-state index contributed by atoms with van der Waals surface area (Å²) in [6, 6.07) is 4.35. The van der Waals surface area contributed by atoms with Gasteiger partial charge < -0.3 is 14.9 Å². The second-order valence-electron chi connectivity index (χ2n) is 13.9. The highest BCUT2D eigenvalue weighted by Gasteiger charge is 2.64. The summed E-state index contributed by atoms with van der Waals surface area (Å²) in [4.78, 5) is 12.4. The van der Waals surface area contributed by atoms with E-state index in [2.05, 4.69) is 20.8 Å². The molecule has 4 saturated carbocycles. The summed E-state index contributed by atoms with van der Waals surface area (Å²) in [5.74, 6) is 1.79. The zero-order valence-electron chi connectivity index (χ0n) is 25.0. The Bertz CT molecular complexity index is 1210. The SMILES string of the molecule is CC[C@H]1[C@@H](O)[C@@H]2[C@H](CC[C@]3(C)[C@@H](CCCOC(=O)N(C)S(=O)(=O)c4ccc(F)cc4)CC[C@@H]23)[C@@]2(C)CC[C@@H](O)C[C@@H]12. The zero-order chi connectivity index (χ0) is 29.7. The van der Waals surface area contributed by atoms with Crippen LogP contribution in [-0.4, -0.2) is 54.9 Å². The molecule has 0 unspecified atom stereocenters. The first-order valence-electron chi connectivity index (χ1n) is 15.6. The maximum absolute atomic E-state index is 13.2. The van der Waals surface area contributed by atoms with Crippen LogP contribution >= 0.6 is 0 Å². The fourth-order valence-electron chi connectivity index (χ4n) is 9.98. The summed E-state index contributed by atoms with van der Waals surface area (Å²) in [5.41, 5.74) is 0.308. The number of rotatable bonds is 7. The van der Waals surface area contributed by atoms with Gasteiger partial charge in [-0.3, -0.25) is 0 Å². The fourth-order valence-corrected chi connectivity index (χ4v) is 11.0. The van der Waals surface area contributed by atoms with Crippen LogP contribution in [0.3, 0.4) is 0 Å². The molecule has 2 N–H and O–H groups in total. The van der Waals surface area contributed by atoms with Gasteiger partial charge in [0, 0.05) is 7.05 Å². The van der Waals surface area contributed by atoms with Gasteiger partial charge in [-0.15, -0.1) is 0 Å². The lowest BCUT2D eigenvalue weighted by Gasteiger charge is -2.64. The van der Waals surface area contributed by atoms with Gasteiger partial charge in [-0.25, -0.2) is 21.9 Å². The minimum Gasteiger partial charge on any atom is -0.449 e. The number of fused-ring (bicyclic) bond motifs is 5. The van der Waals surface area contributed by atoms with Crippen LogP contribution < -0.4 is 0 Å². The molecule has 1 aromatic rings. The monoisotopic (exact) mass is 593 g/mol. The van der Waals surface area contributed by atoms with E-state index in [4.69, 9.17) is 4.74 Å². The Morgan fingerprint density at radius 3 is 2.37 bits per heavy atom. The number of aliphatic hydroxyl groups is 2. The largest absolute Gasteiger partial charge is 0.449 e. The number of carbonyl (C=O) groups is 1. The van der Waals surface area contributed by atoms with Crippen molar-refractivity contribution in [3.05, 3.63) is 30.1 Å². The summed E-state index contributed by atoms with van der Waals surface area (Å²) in [7, 11) is -2.97. The average Bonchev–Trinajstić information content (AvgIpc) is 3.28. The molecule has 0 radical (unpaired) electrons. The Morgan fingerprint density at radius 1 is 1.02 bits per heavy atom. The third-order valence-corrected chi connectivity index (χ3v) is 14.0. The Kier molecular flexibility index (Phi) is 8.56. The third kappa shape index (κ3) is 5.22. The molecular weight excluding hydrogens is 545 g/mol. The number of hydrogen-bond donors (Lipinski definition) is 2. The number of sulfonamides is 1. The molecule has 5 rings (SSSR count). The van der Waals surface area contributed by atoms with Gasteiger partial charge in [0.2, 0.25) is 0 Å². The molecule has 10 atom stereocenters. The van der Waals surface area contributed by atoms with Gasteiger partial charge >= 0.3 is 6.09 Å². The van der Waals surface area contributed by atoms with Crippen LogP contribution in [0.4, 0.5) is 9.18 Å². The maximum Gasteiger partial charge on any atom is 0.423 e. The van der Waals surface area contributed by atoms with Crippen molar-refractivity contribution in [2.24, 2.45) is 46.3 Å². The third-order valence-electron chi connectivity index (χ3n) is 12.2. The quantitative estimate of drug-likeness (QED) is 0.377. The molecule has 0 heterocycles. The first-order valence-corrected chi connectivity index (χ1v) is 17.1. The predicted molar refractivity (Wildman–Crippen MR) is 154 cm³/mol. The van der Waals surface area contributed by atoms with Gasteiger partial charge in [-0.2, -0.15) is 0 Å². The Labute approximate surface area is 244 Å². The van der Waals surface area contributed by atoms with Gasteiger partial charge in [0.05, 0.1) is 23.7 Å². The van der Waals surface area contributed by atoms with E-state index >= 15 is 0 Å². The van der Waals surface area contributed by atoms with Gasteiger partial charge in [0.1, 0.15) is 5.82 Å². The highest BCUT2D eigenvalue weighted by Crippen LogP contribution is 2.69. The number of benzene rings is 1. The molecule has 4 aliphatic carbocycles. The molecule has 0 aromatic heterocycles. The molecule has 41 heavy (non-hydrogen) atoms. The maximum atomic E-state index is 13.2. The first-order chi connectivity index (χ1) is 19.3. The van der Waals surface area contributed by atoms with Crippen molar-refractivity contribution < 1.29 is 32.6 Å². The molecule has 0 saturated heterocycles. The van der Waals surface area contributed by atoms with Crippen LogP contribution in [0.15, 0.2) is 29.2 Å².